The van der Waals surface area contributed by atoms with Crippen molar-refractivity contribution in [3.63, 3.8) is 0 Å². The summed E-state index contributed by atoms with van der Waals surface area (Å²) < 4.78 is 35.9. The van der Waals surface area contributed by atoms with Gasteiger partial charge in [0.2, 0.25) is 0 Å². The van der Waals surface area contributed by atoms with Crippen LogP contribution in [-0.2, 0) is 4.79 Å². The number of carbonyl (C=O) groups is 1. The first-order valence-electron chi connectivity index (χ1n) is 6.02. The molecule has 16 heavy (non-hydrogen) atoms. The van der Waals surface area contributed by atoms with Crippen molar-refractivity contribution in [1.82, 2.24) is 0 Å². The molecule has 0 bridgehead atoms. The molecule has 1 rings (SSSR count). The third-order valence-electron chi connectivity index (χ3n) is 3.47. The number of Topliss-reactive ketones (excluding diaryl/α,β-unsaturated/α-hetero) is 1. The van der Waals surface area contributed by atoms with Crippen LogP contribution >= 0.6 is 0 Å². The van der Waals surface area contributed by atoms with Crippen LogP contribution in [0.15, 0.2) is 0 Å². The summed E-state index contributed by atoms with van der Waals surface area (Å²) in [7, 11) is 0. The molecule has 0 saturated heterocycles. The van der Waals surface area contributed by atoms with Crippen LogP contribution < -0.4 is 0 Å². The van der Waals surface area contributed by atoms with Crippen LogP contribution in [0.4, 0.5) is 13.2 Å². The molecule has 1 saturated carbocycles. The fourth-order valence-electron chi connectivity index (χ4n) is 2.42. The highest BCUT2D eigenvalue weighted by atomic mass is 19.4. The van der Waals surface area contributed by atoms with E-state index in [9.17, 15) is 18.0 Å². The summed E-state index contributed by atoms with van der Waals surface area (Å²) in [5.41, 5.74) is 0. The number of halogens is 3. The lowest BCUT2D eigenvalue weighted by Gasteiger charge is -2.27. The standard InChI is InChI=1S/C12H19F3O/c1-2-9-4-3-5-10(8-9)11(16)6-7-12(13,14)15/h9-10H,2-8H2,1H3. The van der Waals surface area contributed by atoms with Gasteiger partial charge in [-0.05, 0) is 18.8 Å². The van der Waals surface area contributed by atoms with E-state index < -0.39 is 12.6 Å². The third-order valence-corrected chi connectivity index (χ3v) is 3.47. The molecule has 2 unspecified atom stereocenters. The Kier molecular flexibility index (Phi) is 4.81. The van der Waals surface area contributed by atoms with Crippen molar-refractivity contribution in [3.05, 3.63) is 0 Å². The van der Waals surface area contributed by atoms with E-state index >= 15 is 0 Å². The lowest BCUT2D eigenvalue weighted by atomic mass is 9.77. The van der Waals surface area contributed by atoms with Gasteiger partial charge in [-0.25, -0.2) is 0 Å². The van der Waals surface area contributed by atoms with Crippen molar-refractivity contribution in [2.75, 3.05) is 0 Å². The first-order valence-corrected chi connectivity index (χ1v) is 6.02. The van der Waals surface area contributed by atoms with Crippen LogP contribution in [0.25, 0.3) is 0 Å². The van der Waals surface area contributed by atoms with Crippen molar-refractivity contribution < 1.29 is 18.0 Å². The van der Waals surface area contributed by atoms with Crippen LogP contribution in [0.5, 0.6) is 0 Å². The van der Waals surface area contributed by atoms with Crippen LogP contribution in [0.3, 0.4) is 0 Å². The van der Waals surface area contributed by atoms with Gasteiger partial charge < -0.3 is 0 Å². The number of hydrogen-bond donors (Lipinski definition) is 0. The van der Waals surface area contributed by atoms with Crippen molar-refractivity contribution in [2.45, 2.75) is 58.0 Å². The molecule has 0 aliphatic heterocycles. The minimum absolute atomic E-state index is 0.110. The van der Waals surface area contributed by atoms with Crippen LogP contribution in [0.1, 0.15) is 51.9 Å². The maximum absolute atomic E-state index is 12.0. The van der Waals surface area contributed by atoms with Crippen LogP contribution in [0, 0.1) is 11.8 Å². The van der Waals surface area contributed by atoms with E-state index in [1.165, 1.54) is 0 Å². The van der Waals surface area contributed by atoms with E-state index in [4.69, 9.17) is 0 Å². The normalized spacial score (nSPS) is 26.8. The first-order chi connectivity index (χ1) is 7.42. The third kappa shape index (κ3) is 4.54. The highest BCUT2D eigenvalue weighted by Gasteiger charge is 2.31. The van der Waals surface area contributed by atoms with Crippen molar-refractivity contribution in [1.29, 1.82) is 0 Å². The predicted octanol–water partition coefficient (Wildman–Crippen LogP) is 4.11. The van der Waals surface area contributed by atoms with Crippen molar-refractivity contribution in [2.24, 2.45) is 11.8 Å². The molecule has 1 nitrogen and oxygen atoms in total. The maximum atomic E-state index is 12.0. The minimum atomic E-state index is -4.20. The summed E-state index contributed by atoms with van der Waals surface area (Å²) in [5, 5.41) is 0. The number of ketones is 1. The van der Waals surface area contributed by atoms with Gasteiger partial charge in [0.25, 0.3) is 0 Å². The number of hydrogen-bond acceptors (Lipinski definition) is 1. The Hall–Kier alpha value is -0.540. The zero-order valence-electron chi connectivity index (χ0n) is 9.65. The Labute approximate surface area is 94.4 Å². The molecule has 1 fully saturated rings. The second kappa shape index (κ2) is 5.69. The zero-order valence-corrected chi connectivity index (χ0v) is 9.65. The molecular formula is C12H19F3O. The van der Waals surface area contributed by atoms with Gasteiger partial charge in [0, 0.05) is 12.3 Å². The summed E-state index contributed by atoms with van der Waals surface area (Å²) in [6.07, 6.45) is -0.762. The first kappa shape index (κ1) is 13.5. The van der Waals surface area contributed by atoms with E-state index in [1.54, 1.807) is 0 Å². The Morgan fingerprint density at radius 3 is 2.56 bits per heavy atom. The fourth-order valence-corrected chi connectivity index (χ4v) is 2.42. The lowest BCUT2D eigenvalue weighted by Crippen LogP contribution is -2.24. The molecule has 0 aromatic carbocycles. The minimum Gasteiger partial charge on any atom is -0.299 e. The van der Waals surface area contributed by atoms with Gasteiger partial charge in [-0.2, -0.15) is 13.2 Å². The molecule has 0 aromatic heterocycles. The van der Waals surface area contributed by atoms with Crippen molar-refractivity contribution in [3.8, 4) is 0 Å². The molecule has 4 heteroatoms. The average Bonchev–Trinajstić information content (AvgIpc) is 2.25. The number of rotatable bonds is 4. The highest BCUT2D eigenvalue weighted by molar-refractivity contribution is 5.81. The van der Waals surface area contributed by atoms with Gasteiger partial charge in [0.15, 0.2) is 0 Å². The van der Waals surface area contributed by atoms with Gasteiger partial charge in [-0.3, -0.25) is 4.79 Å². The quantitative estimate of drug-likeness (QED) is 0.717. The molecule has 0 heterocycles. The molecule has 1 aliphatic carbocycles. The van der Waals surface area contributed by atoms with E-state index in [-0.39, 0.29) is 18.1 Å². The Bertz CT molecular complexity index is 235. The molecule has 1 aliphatic rings. The van der Waals surface area contributed by atoms with Gasteiger partial charge >= 0.3 is 6.18 Å². The monoisotopic (exact) mass is 236 g/mol. The second-order valence-electron chi connectivity index (χ2n) is 4.72. The summed E-state index contributed by atoms with van der Waals surface area (Å²) in [6.45, 7) is 2.08. The van der Waals surface area contributed by atoms with Gasteiger partial charge in [0.05, 0.1) is 6.42 Å². The topological polar surface area (TPSA) is 17.1 Å². The largest absolute Gasteiger partial charge is 0.389 e. The fraction of sp³-hybridized carbons (Fsp3) is 0.917. The van der Waals surface area contributed by atoms with Crippen LogP contribution in [0.2, 0.25) is 0 Å². The molecule has 0 spiro atoms. The molecule has 0 N–H and O–H groups in total. The maximum Gasteiger partial charge on any atom is 0.389 e. The van der Waals surface area contributed by atoms with E-state index in [2.05, 4.69) is 6.92 Å². The van der Waals surface area contributed by atoms with Gasteiger partial charge in [0.1, 0.15) is 5.78 Å². The van der Waals surface area contributed by atoms with Gasteiger partial charge in [-0.15, -0.1) is 0 Å². The molecular weight excluding hydrogens is 217 g/mol. The molecule has 0 amide bonds. The SMILES string of the molecule is CCC1CCCC(C(=O)CCC(F)(F)F)C1. The van der Waals surface area contributed by atoms with Gasteiger partial charge in [-0.1, -0.05) is 26.2 Å². The summed E-state index contributed by atoms with van der Waals surface area (Å²) in [5.74, 6) is 0.241. The molecule has 0 aromatic rings. The molecule has 0 radical (unpaired) electrons. The summed E-state index contributed by atoms with van der Waals surface area (Å²) >= 11 is 0. The molecule has 2 atom stereocenters. The Balaban J connectivity index is 2.36. The number of carbonyl (C=O) groups excluding carboxylic acids is 1. The Morgan fingerprint density at radius 2 is 2.00 bits per heavy atom. The smallest absolute Gasteiger partial charge is 0.299 e. The van der Waals surface area contributed by atoms with Crippen LogP contribution in [-0.4, -0.2) is 12.0 Å². The number of alkyl halides is 3. The Morgan fingerprint density at radius 1 is 1.31 bits per heavy atom. The zero-order chi connectivity index (χ0) is 12.2. The average molecular weight is 236 g/mol. The van der Waals surface area contributed by atoms with Crippen molar-refractivity contribution >= 4 is 5.78 Å². The highest BCUT2D eigenvalue weighted by Crippen LogP contribution is 2.33. The van der Waals surface area contributed by atoms with E-state index in [0.29, 0.717) is 5.92 Å². The lowest BCUT2D eigenvalue weighted by molar-refractivity contribution is -0.145. The molecule has 94 valence electrons. The second-order valence-corrected chi connectivity index (χ2v) is 4.72. The van der Waals surface area contributed by atoms with E-state index in [0.717, 1.165) is 32.1 Å². The summed E-state index contributed by atoms with van der Waals surface area (Å²) in [6, 6.07) is 0. The predicted molar refractivity (Wildman–Crippen MR) is 56.0 cm³/mol. The summed E-state index contributed by atoms with van der Waals surface area (Å²) in [4.78, 5) is 11.6. The van der Waals surface area contributed by atoms with E-state index in [1.807, 2.05) is 0 Å².